The van der Waals surface area contributed by atoms with Crippen LogP contribution in [-0.2, 0) is 16.1 Å². The quantitative estimate of drug-likeness (QED) is 0.658. The predicted octanol–water partition coefficient (Wildman–Crippen LogP) is 3.48. The average molecular weight is 385 g/mol. The molecule has 1 aliphatic heterocycles. The summed E-state index contributed by atoms with van der Waals surface area (Å²) in [4.78, 5) is 31.7. The molecule has 6 heteroatoms. The third-order valence-corrected chi connectivity index (χ3v) is 4.65. The molecule has 1 N–H and O–H groups in total. The van der Waals surface area contributed by atoms with E-state index in [0.29, 0.717) is 16.9 Å². The topological polar surface area (TPSA) is 71.5 Å². The SMILES string of the molecule is COc1ccc(C2=C(Nc3ccccc3)C(=O)N(Cc3cccnc3)C2=O)cc1. The molecule has 0 fully saturated rings. The lowest BCUT2D eigenvalue weighted by atomic mass is 10.0. The summed E-state index contributed by atoms with van der Waals surface area (Å²) in [5, 5.41) is 3.13. The van der Waals surface area contributed by atoms with Gasteiger partial charge in [0.2, 0.25) is 0 Å². The standard InChI is InChI=1S/C23H19N3O3/c1-29-19-11-9-17(10-12-19)20-21(25-18-7-3-2-4-8-18)23(28)26(22(20)27)15-16-6-5-13-24-14-16/h2-14,25H,15H2,1H3. The number of carbonyl (C=O) groups excluding carboxylic acids is 2. The van der Waals surface area contributed by atoms with Crippen LogP contribution in [-0.4, -0.2) is 28.8 Å². The fraction of sp³-hybridized carbons (Fsp3) is 0.0870. The second-order valence-electron chi connectivity index (χ2n) is 6.53. The minimum Gasteiger partial charge on any atom is -0.497 e. The van der Waals surface area contributed by atoms with Gasteiger partial charge in [0.05, 0.1) is 19.2 Å². The molecule has 0 saturated carbocycles. The summed E-state index contributed by atoms with van der Waals surface area (Å²) >= 11 is 0. The molecule has 3 aromatic rings. The van der Waals surface area contributed by atoms with E-state index in [0.717, 1.165) is 11.3 Å². The van der Waals surface area contributed by atoms with E-state index in [1.54, 1.807) is 49.8 Å². The van der Waals surface area contributed by atoms with Crippen LogP contribution in [0.3, 0.4) is 0 Å². The van der Waals surface area contributed by atoms with Gasteiger partial charge in [0.15, 0.2) is 0 Å². The predicted molar refractivity (Wildman–Crippen MR) is 110 cm³/mol. The number of benzene rings is 2. The summed E-state index contributed by atoms with van der Waals surface area (Å²) in [6.07, 6.45) is 3.30. The Morgan fingerprint density at radius 1 is 0.931 bits per heavy atom. The third kappa shape index (κ3) is 3.73. The zero-order chi connectivity index (χ0) is 20.2. The number of pyridine rings is 1. The Morgan fingerprint density at radius 2 is 1.69 bits per heavy atom. The number of hydrogen-bond acceptors (Lipinski definition) is 5. The average Bonchev–Trinajstić information content (AvgIpc) is 2.99. The maximum Gasteiger partial charge on any atom is 0.278 e. The van der Waals surface area contributed by atoms with Crippen LogP contribution in [0.2, 0.25) is 0 Å². The van der Waals surface area contributed by atoms with E-state index in [4.69, 9.17) is 4.74 Å². The Kier molecular flexibility index (Phi) is 5.07. The van der Waals surface area contributed by atoms with E-state index < -0.39 is 0 Å². The molecule has 0 aliphatic carbocycles. The van der Waals surface area contributed by atoms with Crippen molar-refractivity contribution in [3.63, 3.8) is 0 Å². The lowest BCUT2D eigenvalue weighted by Crippen LogP contribution is -2.32. The molecule has 0 unspecified atom stereocenters. The zero-order valence-electron chi connectivity index (χ0n) is 15.8. The fourth-order valence-electron chi connectivity index (χ4n) is 3.20. The minimum absolute atomic E-state index is 0.158. The van der Waals surface area contributed by atoms with E-state index in [2.05, 4.69) is 10.3 Å². The van der Waals surface area contributed by atoms with Crippen molar-refractivity contribution in [3.8, 4) is 5.75 Å². The number of nitrogens with zero attached hydrogens (tertiary/aromatic N) is 2. The van der Waals surface area contributed by atoms with Crippen molar-refractivity contribution in [2.75, 3.05) is 12.4 Å². The van der Waals surface area contributed by atoms with Gasteiger partial charge >= 0.3 is 0 Å². The lowest BCUT2D eigenvalue weighted by molar-refractivity contribution is -0.137. The summed E-state index contributed by atoms with van der Waals surface area (Å²) in [7, 11) is 1.58. The van der Waals surface area contributed by atoms with Gasteiger partial charge in [-0.15, -0.1) is 0 Å². The fourth-order valence-corrected chi connectivity index (χ4v) is 3.20. The Hall–Kier alpha value is -3.93. The van der Waals surface area contributed by atoms with Gasteiger partial charge in [0.25, 0.3) is 11.8 Å². The smallest absolute Gasteiger partial charge is 0.278 e. The van der Waals surface area contributed by atoms with Crippen LogP contribution in [0.25, 0.3) is 5.57 Å². The van der Waals surface area contributed by atoms with Gasteiger partial charge in [0.1, 0.15) is 11.4 Å². The van der Waals surface area contributed by atoms with Gasteiger partial charge in [0, 0.05) is 18.1 Å². The highest BCUT2D eigenvalue weighted by Crippen LogP contribution is 2.32. The Morgan fingerprint density at radius 3 is 2.34 bits per heavy atom. The van der Waals surface area contributed by atoms with E-state index in [9.17, 15) is 9.59 Å². The first-order valence-electron chi connectivity index (χ1n) is 9.13. The molecule has 1 aromatic heterocycles. The molecule has 2 amide bonds. The third-order valence-electron chi connectivity index (χ3n) is 4.65. The number of imide groups is 1. The number of rotatable bonds is 6. The highest BCUT2D eigenvalue weighted by Gasteiger charge is 2.39. The van der Waals surface area contributed by atoms with Crippen molar-refractivity contribution in [3.05, 3.63) is 95.9 Å². The normalized spacial score (nSPS) is 13.8. The molecule has 0 bridgehead atoms. The lowest BCUT2D eigenvalue weighted by Gasteiger charge is -2.15. The van der Waals surface area contributed by atoms with E-state index in [1.807, 2.05) is 36.4 Å². The number of methoxy groups -OCH3 is 1. The number of amides is 2. The minimum atomic E-state index is -0.367. The maximum absolute atomic E-state index is 13.2. The van der Waals surface area contributed by atoms with Gasteiger partial charge in [-0.1, -0.05) is 36.4 Å². The molecule has 6 nitrogen and oxygen atoms in total. The molecule has 0 radical (unpaired) electrons. The summed E-state index contributed by atoms with van der Waals surface area (Å²) in [5.74, 6) is -0.0353. The van der Waals surface area contributed by atoms with Crippen molar-refractivity contribution in [2.45, 2.75) is 6.54 Å². The molecule has 0 saturated heterocycles. The van der Waals surface area contributed by atoms with Gasteiger partial charge in [-0.25, -0.2) is 0 Å². The largest absolute Gasteiger partial charge is 0.497 e. The molecule has 2 heterocycles. The van der Waals surface area contributed by atoms with Crippen molar-refractivity contribution in [1.29, 1.82) is 0 Å². The van der Waals surface area contributed by atoms with Crippen LogP contribution in [0.1, 0.15) is 11.1 Å². The number of aromatic nitrogens is 1. The van der Waals surface area contributed by atoms with E-state index in [-0.39, 0.29) is 24.1 Å². The van der Waals surface area contributed by atoms with Crippen LogP contribution < -0.4 is 10.1 Å². The van der Waals surface area contributed by atoms with Gasteiger partial charge in [-0.2, -0.15) is 0 Å². The molecule has 29 heavy (non-hydrogen) atoms. The zero-order valence-corrected chi connectivity index (χ0v) is 15.8. The van der Waals surface area contributed by atoms with Crippen LogP contribution in [0.5, 0.6) is 5.75 Å². The second-order valence-corrected chi connectivity index (χ2v) is 6.53. The summed E-state index contributed by atoms with van der Waals surface area (Å²) in [5.41, 5.74) is 2.76. The molecular weight excluding hydrogens is 366 g/mol. The van der Waals surface area contributed by atoms with Gasteiger partial charge in [-0.3, -0.25) is 19.5 Å². The summed E-state index contributed by atoms with van der Waals surface area (Å²) in [6, 6.07) is 20.0. The number of nitrogens with one attached hydrogen (secondary N) is 1. The Balaban J connectivity index is 1.73. The maximum atomic E-state index is 13.2. The van der Waals surface area contributed by atoms with E-state index in [1.165, 1.54) is 4.90 Å². The van der Waals surface area contributed by atoms with Crippen molar-refractivity contribution < 1.29 is 14.3 Å². The monoisotopic (exact) mass is 385 g/mol. The number of para-hydroxylation sites is 1. The Labute approximate surface area is 168 Å². The summed E-state index contributed by atoms with van der Waals surface area (Å²) in [6.45, 7) is 0.158. The molecular formula is C23H19N3O3. The molecule has 1 aliphatic rings. The van der Waals surface area contributed by atoms with Crippen LogP contribution in [0.15, 0.2) is 84.8 Å². The van der Waals surface area contributed by atoms with Gasteiger partial charge < -0.3 is 10.1 Å². The number of carbonyl (C=O) groups is 2. The molecule has 0 atom stereocenters. The first-order valence-corrected chi connectivity index (χ1v) is 9.13. The van der Waals surface area contributed by atoms with Crippen molar-refractivity contribution in [1.82, 2.24) is 9.88 Å². The van der Waals surface area contributed by atoms with Crippen LogP contribution in [0, 0.1) is 0 Å². The van der Waals surface area contributed by atoms with Crippen molar-refractivity contribution >= 4 is 23.1 Å². The second kappa shape index (κ2) is 7.98. The first-order chi connectivity index (χ1) is 14.2. The van der Waals surface area contributed by atoms with Crippen LogP contribution in [0.4, 0.5) is 5.69 Å². The van der Waals surface area contributed by atoms with Gasteiger partial charge in [-0.05, 0) is 41.5 Å². The highest BCUT2D eigenvalue weighted by atomic mass is 16.5. The van der Waals surface area contributed by atoms with Crippen LogP contribution >= 0.6 is 0 Å². The molecule has 144 valence electrons. The Bertz CT molecular complexity index is 1060. The van der Waals surface area contributed by atoms with Crippen molar-refractivity contribution in [2.24, 2.45) is 0 Å². The molecule has 4 rings (SSSR count). The number of ether oxygens (including phenoxy) is 1. The first kappa shape index (κ1) is 18.4. The molecule has 2 aromatic carbocycles. The summed E-state index contributed by atoms with van der Waals surface area (Å²) < 4.78 is 5.20. The highest BCUT2D eigenvalue weighted by molar-refractivity contribution is 6.36. The van der Waals surface area contributed by atoms with E-state index >= 15 is 0 Å². The number of hydrogen-bond donors (Lipinski definition) is 1. The number of anilines is 1. The molecule has 0 spiro atoms.